The van der Waals surface area contributed by atoms with Crippen molar-refractivity contribution in [2.24, 2.45) is 0 Å². The van der Waals surface area contributed by atoms with E-state index in [0.717, 1.165) is 34.1 Å². The zero-order chi connectivity index (χ0) is 22.9. The number of aliphatic hydroxyl groups is 1. The fraction of sp³-hybridized carbons (Fsp3) is 0.333. The van der Waals surface area contributed by atoms with Gasteiger partial charge in [-0.2, -0.15) is 0 Å². The molecule has 1 aromatic heterocycles. The van der Waals surface area contributed by atoms with E-state index in [1.54, 1.807) is 4.90 Å². The van der Waals surface area contributed by atoms with E-state index in [9.17, 15) is 9.90 Å². The molecule has 4 rings (SSSR count). The summed E-state index contributed by atoms with van der Waals surface area (Å²) < 4.78 is 5.61. The lowest BCUT2D eigenvalue weighted by Gasteiger charge is -2.36. The van der Waals surface area contributed by atoms with Crippen molar-refractivity contribution in [2.75, 3.05) is 6.54 Å². The van der Waals surface area contributed by atoms with Crippen LogP contribution in [0.2, 0.25) is 0 Å². The molecule has 0 aliphatic carbocycles. The van der Waals surface area contributed by atoms with E-state index >= 15 is 0 Å². The van der Waals surface area contributed by atoms with Crippen molar-refractivity contribution in [3.63, 3.8) is 0 Å². The van der Waals surface area contributed by atoms with Gasteiger partial charge in [-0.05, 0) is 51.8 Å². The molecule has 0 radical (unpaired) electrons. The lowest BCUT2D eigenvalue weighted by atomic mass is 9.93. The highest BCUT2D eigenvalue weighted by atomic mass is 16.6. The average Bonchev–Trinajstić information content (AvgIpc) is 2.77. The van der Waals surface area contributed by atoms with Crippen LogP contribution in [-0.2, 0) is 4.74 Å². The molecule has 1 N–H and O–H groups in total. The van der Waals surface area contributed by atoms with Gasteiger partial charge in [-0.15, -0.1) is 0 Å². The number of benzene rings is 2. The Morgan fingerprint density at radius 2 is 1.88 bits per heavy atom. The predicted molar refractivity (Wildman–Crippen MR) is 127 cm³/mol. The van der Waals surface area contributed by atoms with Gasteiger partial charge in [0.2, 0.25) is 0 Å². The molecule has 0 bridgehead atoms. The molecule has 2 heterocycles. The van der Waals surface area contributed by atoms with Crippen LogP contribution in [0.25, 0.3) is 22.2 Å². The number of aliphatic hydroxyl groups excluding tert-OH is 1. The maximum atomic E-state index is 12.9. The Labute approximate surface area is 189 Å². The van der Waals surface area contributed by atoms with Gasteiger partial charge >= 0.3 is 6.09 Å². The lowest BCUT2D eigenvalue weighted by molar-refractivity contribution is 0.00161. The molecule has 0 fully saturated rings. The first-order valence-electron chi connectivity index (χ1n) is 11.0. The van der Waals surface area contributed by atoms with Crippen molar-refractivity contribution >= 4 is 17.0 Å². The second-order valence-electron chi connectivity index (χ2n) is 9.31. The topological polar surface area (TPSA) is 62.7 Å². The van der Waals surface area contributed by atoms with Crippen LogP contribution in [0, 0.1) is 6.92 Å². The van der Waals surface area contributed by atoms with Crippen LogP contribution in [0.4, 0.5) is 4.79 Å². The quantitative estimate of drug-likeness (QED) is 0.533. The molecular formula is C27H30N2O3. The molecular weight excluding hydrogens is 400 g/mol. The number of hydrogen-bond donors (Lipinski definition) is 1. The van der Waals surface area contributed by atoms with Gasteiger partial charge in [0.15, 0.2) is 0 Å². The first-order chi connectivity index (χ1) is 15.2. The summed E-state index contributed by atoms with van der Waals surface area (Å²) in [6.07, 6.45) is 3.31. The Morgan fingerprint density at radius 3 is 2.59 bits per heavy atom. The highest BCUT2D eigenvalue weighted by Gasteiger charge is 2.34. The van der Waals surface area contributed by atoms with Crippen LogP contribution in [-0.4, -0.2) is 39.3 Å². The van der Waals surface area contributed by atoms with Crippen LogP contribution < -0.4 is 0 Å². The molecule has 1 aliphatic rings. The number of amides is 1. The second-order valence-corrected chi connectivity index (χ2v) is 9.31. The van der Waals surface area contributed by atoms with Gasteiger partial charge in [0.25, 0.3) is 0 Å². The lowest BCUT2D eigenvalue weighted by Crippen LogP contribution is -2.47. The molecule has 0 saturated heterocycles. The molecule has 2 aromatic carbocycles. The number of aryl methyl sites for hydroxylation is 1. The second kappa shape index (κ2) is 8.75. The van der Waals surface area contributed by atoms with Gasteiger partial charge in [-0.3, -0.25) is 4.90 Å². The first kappa shape index (κ1) is 22.0. The summed E-state index contributed by atoms with van der Waals surface area (Å²) in [5.74, 6) is 0. The maximum absolute atomic E-state index is 12.9. The molecule has 0 spiro atoms. The molecule has 1 amide bonds. The molecule has 0 saturated carbocycles. The fourth-order valence-corrected chi connectivity index (χ4v) is 4.01. The van der Waals surface area contributed by atoms with Crippen LogP contribution in [0.5, 0.6) is 0 Å². The zero-order valence-corrected chi connectivity index (χ0v) is 19.1. The summed E-state index contributed by atoms with van der Waals surface area (Å²) in [7, 11) is 0. The van der Waals surface area contributed by atoms with Gasteiger partial charge < -0.3 is 9.84 Å². The molecule has 5 heteroatoms. The Morgan fingerprint density at radius 1 is 1.16 bits per heavy atom. The largest absolute Gasteiger partial charge is 0.444 e. The highest BCUT2D eigenvalue weighted by molar-refractivity contribution is 5.86. The molecule has 3 aromatic rings. The fourth-order valence-electron chi connectivity index (χ4n) is 4.01. The van der Waals surface area contributed by atoms with E-state index in [1.807, 2.05) is 82.3 Å². The van der Waals surface area contributed by atoms with Crippen molar-refractivity contribution in [2.45, 2.75) is 51.9 Å². The number of rotatable bonds is 3. The third kappa shape index (κ3) is 4.68. The monoisotopic (exact) mass is 430 g/mol. The Bertz CT molecular complexity index is 1150. The smallest absolute Gasteiger partial charge is 0.410 e. The maximum Gasteiger partial charge on any atom is 0.410 e. The first-order valence-corrected chi connectivity index (χ1v) is 11.0. The van der Waals surface area contributed by atoms with Crippen molar-refractivity contribution in [3.05, 3.63) is 77.9 Å². The summed E-state index contributed by atoms with van der Waals surface area (Å²) in [6.45, 7) is 8.09. The van der Waals surface area contributed by atoms with Crippen LogP contribution in [0.3, 0.4) is 0 Å². The minimum atomic E-state index is -0.920. The third-order valence-electron chi connectivity index (χ3n) is 5.60. The Hall–Kier alpha value is -3.18. The highest BCUT2D eigenvalue weighted by Crippen LogP contribution is 2.33. The van der Waals surface area contributed by atoms with E-state index in [4.69, 9.17) is 9.72 Å². The van der Waals surface area contributed by atoms with Gasteiger partial charge in [0.1, 0.15) is 11.7 Å². The van der Waals surface area contributed by atoms with Gasteiger partial charge in [0.05, 0.1) is 17.3 Å². The van der Waals surface area contributed by atoms with Crippen LogP contribution >= 0.6 is 0 Å². The molecule has 0 unspecified atom stereocenters. The Kier molecular flexibility index (Phi) is 6.02. The number of carbonyl (C=O) groups is 1. The normalized spacial score (nSPS) is 17.4. The number of fused-ring (bicyclic) bond motifs is 1. The summed E-state index contributed by atoms with van der Waals surface area (Å²) in [4.78, 5) is 19.3. The van der Waals surface area contributed by atoms with Gasteiger partial charge in [0, 0.05) is 17.5 Å². The van der Waals surface area contributed by atoms with Gasteiger partial charge in [-0.25, -0.2) is 9.78 Å². The van der Waals surface area contributed by atoms with Crippen molar-refractivity contribution < 1.29 is 14.6 Å². The summed E-state index contributed by atoms with van der Waals surface area (Å²) in [6, 6.07) is 17.4. The number of carbonyl (C=O) groups excluding carboxylic acids is 1. The molecule has 166 valence electrons. The number of aromatic nitrogens is 1. The van der Waals surface area contributed by atoms with E-state index in [0.29, 0.717) is 6.54 Å². The molecule has 5 nitrogen and oxygen atoms in total. The number of para-hydroxylation sites is 1. The van der Waals surface area contributed by atoms with Crippen molar-refractivity contribution in [3.8, 4) is 11.3 Å². The minimum Gasteiger partial charge on any atom is -0.444 e. The predicted octanol–water partition coefficient (Wildman–Crippen LogP) is 5.81. The van der Waals surface area contributed by atoms with E-state index < -0.39 is 23.8 Å². The SMILES string of the molecule is Cc1ccc(-c2cc([C@@H](O)[C@H]3C=CCCN3C(=O)OC(C)(C)C)c3ccccc3n2)cc1. The van der Waals surface area contributed by atoms with Crippen molar-refractivity contribution in [1.82, 2.24) is 9.88 Å². The van der Waals surface area contributed by atoms with Crippen LogP contribution in [0.1, 0.15) is 44.4 Å². The van der Waals surface area contributed by atoms with E-state index in [-0.39, 0.29) is 0 Å². The molecule has 2 atom stereocenters. The summed E-state index contributed by atoms with van der Waals surface area (Å²) in [5, 5.41) is 12.4. The van der Waals surface area contributed by atoms with Crippen molar-refractivity contribution in [1.29, 1.82) is 0 Å². The zero-order valence-electron chi connectivity index (χ0n) is 19.1. The number of hydrogen-bond acceptors (Lipinski definition) is 4. The standard InChI is InChI=1S/C27H30N2O3/c1-18-12-14-19(15-13-18)23-17-21(20-9-5-6-10-22(20)28-23)25(30)24-11-7-8-16-29(24)26(31)32-27(2,3)4/h5-7,9-15,17,24-25,30H,8,16H2,1-4H3/t24-,25-/m1/s1. The number of ether oxygens (including phenoxy) is 1. The third-order valence-corrected chi connectivity index (χ3v) is 5.60. The Balaban J connectivity index is 1.77. The van der Waals surface area contributed by atoms with E-state index in [1.165, 1.54) is 5.56 Å². The van der Waals surface area contributed by atoms with E-state index in [2.05, 4.69) is 12.1 Å². The molecule has 32 heavy (non-hydrogen) atoms. The number of nitrogens with zero attached hydrogens (tertiary/aromatic N) is 2. The average molecular weight is 431 g/mol. The summed E-state index contributed by atoms with van der Waals surface area (Å²) in [5.41, 5.74) is 3.91. The summed E-state index contributed by atoms with van der Waals surface area (Å²) >= 11 is 0. The van der Waals surface area contributed by atoms with Crippen LogP contribution in [0.15, 0.2) is 66.7 Å². The number of pyridine rings is 1. The van der Waals surface area contributed by atoms with Gasteiger partial charge in [-0.1, -0.05) is 60.2 Å². The minimum absolute atomic E-state index is 0.414. The molecule has 1 aliphatic heterocycles.